The van der Waals surface area contributed by atoms with E-state index in [-0.39, 0.29) is 17.0 Å². The third kappa shape index (κ3) is 3.65. The van der Waals surface area contributed by atoms with Crippen molar-refractivity contribution in [2.24, 2.45) is 5.92 Å². The van der Waals surface area contributed by atoms with Crippen molar-refractivity contribution < 1.29 is 23.9 Å². The molecular weight excluding hydrogens is 390 g/mol. The monoisotopic (exact) mass is 405 g/mol. The Bertz CT molecular complexity index is 901. The molecule has 2 amide bonds. The zero-order valence-corrected chi connectivity index (χ0v) is 16.2. The molecule has 8 heteroatoms. The molecular formula is C19H16ClNO5S. The molecule has 2 heterocycles. The van der Waals surface area contributed by atoms with Crippen molar-refractivity contribution in [3.8, 4) is 0 Å². The largest absolute Gasteiger partial charge is 0.456 e. The number of benzene rings is 1. The van der Waals surface area contributed by atoms with Crippen molar-refractivity contribution in [2.45, 2.75) is 19.9 Å². The molecule has 0 N–H and O–H groups in total. The predicted octanol–water partition coefficient (Wildman–Crippen LogP) is 3.45. The van der Waals surface area contributed by atoms with Crippen LogP contribution in [-0.2, 0) is 9.53 Å². The van der Waals surface area contributed by atoms with Gasteiger partial charge in [0.15, 0.2) is 6.61 Å². The summed E-state index contributed by atoms with van der Waals surface area (Å²) in [6, 6.07) is 8.41. The molecule has 0 fully saturated rings. The van der Waals surface area contributed by atoms with Crippen molar-refractivity contribution in [1.29, 1.82) is 0 Å². The number of nitrogens with zero attached hydrogens (tertiary/aromatic N) is 1. The topological polar surface area (TPSA) is 80.8 Å². The average molecular weight is 406 g/mol. The first-order valence-electron chi connectivity index (χ1n) is 8.23. The SMILES string of the molecule is CC(C)[C@H](C(=O)OCC(=O)c1ccc(Cl)s1)N1C(=O)c2ccccc2C1=O. The van der Waals surface area contributed by atoms with E-state index in [0.29, 0.717) is 9.21 Å². The molecule has 1 aliphatic rings. The number of esters is 1. The number of hydrogen-bond acceptors (Lipinski definition) is 6. The van der Waals surface area contributed by atoms with E-state index in [4.69, 9.17) is 16.3 Å². The van der Waals surface area contributed by atoms with E-state index in [2.05, 4.69) is 0 Å². The number of rotatable bonds is 6. The molecule has 0 radical (unpaired) electrons. The molecule has 0 unspecified atom stereocenters. The number of carbonyl (C=O) groups is 4. The molecule has 3 rings (SSSR count). The number of ether oxygens (including phenoxy) is 1. The summed E-state index contributed by atoms with van der Waals surface area (Å²) in [5, 5.41) is 0. The molecule has 1 atom stereocenters. The van der Waals surface area contributed by atoms with Crippen LogP contribution in [0.3, 0.4) is 0 Å². The lowest BCUT2D eigenvalue weighted by atomic mass is 10.0. The van der Waals surface area contributed by atoms with Gasteiger partial charge in [-0.05, 0) is 30.2 Å². The van der Waals surface area contributed by atoms with E-state index in [9.17, 15) is 19.2 Å². The standard InChI is InChI=1S/C19H16ClNO5S/c1-10(2)16(19(25)26-9-13(22)14-7-8-15(20)27-14)21-17(23)11-5-3-4-6-12(11)18(21)24/h3-8,10,16H,9H2,1-2H3/t16-/m1/s1. The second-order valence-corrected chi connectivity index (χ2v) is 8.06. The predicted molar refractivity (Wildman–Crippen MR) is 100 cm³/mol. The van der Waals surface area contributed by atoms with Gasteiger partial charge in [-0.1, -0.05) is 37.6 Å². The summed E-state index contributed by atoms with van der Waals surface area (Å²) in [5.74, 6) is -2.66. The lowest BCUT2D eigenvalue weighted by molar-refractivity contribution is -0.148. The highest BCUT2D eigenvalue weighted by atomic mass is 35.5. The Kier molecular flexibility index (Phi) is 5.43. The highest BCUT2D eigenvalue weighted by Crippen LogP contribution is 2.28. The second kappa shape index (κ2) is 7.62. The zero-order valence-electron chi connectivity index (χ0n) is 14.6. The van der Waals surface area contributed by atoms with Gasteiger partial charge in [0.25, 0.3) is 11.8 Å². The van der Waals surface area contributed by atoms with Gasteiger partial charge in [-0.2, -0.15) is 0 Å². The third-order valence-electron chi connectivity index (χ3n) is 4.17. The van der Waals surface area contributed by atoms with Crippen LogP contribution in [0.5, 0.6) is 0 Å². The van der Waals surface area contributed by atoms with Crippen LogP contribution in [0.4, 0.5) is 0 Å². The van der Waals surface area contributed by atoms with Crippen molar-refractivity contribution >= 4 is 46.5 Å². The summed E-state index contributed by atoms with van der Waals surface area (Å²) in [6.45, 7) is 2.93. The number of fused-ring (bicyclic) bond motifs is 1. The lowest BCUT2D eigenvalue weighted by Gasteiger charge is -2.27. The van der Waals surface area contributed by atoms with E-state index >= 15 is 0 Å². The Morgan fingerprint density at radius 3 is 2.15 bits per heavy atom. The molecule has 1 aliphatic heterocycles. The fourth-order valence-corrected chi connectivity index (χ4v) is 3.86. The molecule has 0 bridgehead atoms. The van der Waals surface area contributed by atoms with Crippen LogP contribution in [0.25, 0.3) is 0 Å². The van der Waals surface area contributed by atoms with Crippen LogP contribution >= 0.6 is 22.9 Å². The second-order valence-electron chi connectivity index (χ2n) is 6.35. The van der Waals surface area contributed by atoms with Gasteiger partial charge in [0.1, 0.15) is 6.04 Å². The van der Waals surface area contributed by atoms with E-state index in [1.807, 2.05) is 0 Å². The van der Waals surface area contributed by atoms with Gasteiger partial charge in [-0.15, -0.1) is 11.3 Å². The molecule has 0 spiro atoms. The molecule has 2 aromatic rings. The molecule has 27 heavy (non-hydrogen) atoms. The highest BCUT2D eigenvalue weighted by molar-refractivity contribution is 7.18. The number of amides is 2. The molecule has 1 aromatic heterocycles. The number of Topliss-reactive ketones (excluding diaryl/α,β-unsaturated/α-hetero) is 1. The Morgan fingerprint density at radius 1 is 1.07 bits per heavy atom. The maximum Gasteiger partial charge on any atom is 0.330 e. The third-order valence-corrected chi connectivity index (χ3v) is 5.44. The van der Waals surface area contributed by atoms with Crippen molar-refractivity contribution in [2.75, 3.05) is 6.61 Å². The maximum absolute atomic E-state index is 12.6. The van der Waals surface area contributed by atoms with Gasteiger partial charge in [0.05, 0.1) is 20.3 Å². The average Bonchev–Trinajstić information content (AvgIpc) is 3.17. The maximum atomic E-state index is 12.6. The van der Waals surface area contributed by atoms with Crippen molar-refractivity contribution in [1.82, 2.24) is 4.90 Å². The van der Waals surface area contributed by atoms with Crippen LogP contribution in [-0.4, -0.2) is 41.1 Å². The first kappa shape index (κ1) is 19.3. The first-order valence-corrected chi connectivity index (χ1v) is 9.42. The number of imide groups is 1. The molecule has 0 saturated carbocycles. The van der Waals surface area contributed by atoms with Crippen LogP contribution < -0.4 is 0 Å². The number of halogens is 1. The summed E-state index contributed by atoms with van der Waals surface area (Å²) in [5.41, 5.74) is 0.510. The van der Waals surface area contributed by atoms with Gasteiger partial charge < -0.3 is 4.74 Å². The van der Waals surface area contributed by atoms with Crippen molar-refractivity contribution in [3.63, 3.8) is 0 Å². The van der Waals surface area contributed by atoms with Crippen LogP contribution in [0.1, 0.15) is 44.2 Å². The fraction of sp³-hybridized carbons (Fsp3) is 0.263. The summed E-state index contributed by atoms with van der Waals surface area (Å²) in [6.07, 6.45) is 0. The minimum absolute atomic E-state index is 0.255. The Labute approximate surface area is 164 Å². The normalized spacial score (nSPS) is 14.4. The number of hydrogen-bond donors (Lipinski definition) is 0. The van der Waals surface area contributed by atoms with Gasteiger partial charge in [0, 0.05) is 0 Å². The number of thiophene rings is 1. The van der Waals surface area contributed by atoms with Crippen LogP contribution in [0.2, 0.25) is 4.34 Å². The minimum atomic E-state index is -1.11. The molecule has 6 nitrogen and oxygen atoms in total. The van der Waals surface area contributed by atoms with E-state index < -0.39 is 36.2 Å². The highest BCUT2D eigenvalue weighted by Gasteiger charge is 2.44. The van der Waals surface area contributed by atoms with Gasteiger partial charge in [0.2, 0.25) is 5.78 Å². The zero-order chi connectivity index (χ0) is 19.7. The van der Waals surface area contributed by atoms with Gasteiger partial charge >= 0.3 is 5.97 Å². The van der Waals surface area contributed by atoms with Crippen LogP contribution in [0.15, 0.2) is 36.4 Å². The molecule has 0 saturated heterocycles. The summed E-state index contributed by atoms with van der Waals surface area (Å²) < 4.78 is 5.58. The Hall–Kier alpha value is -2.51. The molecule has 0 aliphatic carbocycles. The summed E-state index contributed by atoms with van der Waals surface area (Å²) in [7, 11) is 0. The number of carbonyl (C=O) groups excluding carboxylic acids is 4. The lowest BCUT2D eigenvalue weighted by Crippen LogP contribution is -2.49. The van der Waals surface area contributed by atoms with Gasteiger partial charge in [-0.3, -0.25) is 19.3 Å². The van der Waals surface area contributed by atoms with Crippen LogP contribution in [0, 0.1) is 5.92 Å². The smallest absolute Gasteiger partial charge is 0.330 e. The fourth-order valence-electron chi connectivity index (χ4n) is 2.89. The van der Waals surface area contributed by atoms with Crippen molar-refractivity contribution in [3.05, 3.63) is 56.7 Å². The summed E-state index contributed by atoms with van der Waals surface area (Å²) >= 11 is 6.88. The first-order chi connectivity index (χ1) is 12.8. The number of ketones is 1. The van der Waals surface area contributed by atoms with E-state index in [1.165, 1.54) is 0 Å². The van der Waals surface area contributed by atoms with E-state index in [0.717, 1.165) is 16.2 Å². The van der Waals surface area contributed by atoms with Gasteiger partial charge in [-0.25, -0.2) is 4.79 Å². The Balaban J connectivity index is 1.76. The summed E-state index contributed by atoms with van der Waals surface area (Å²) in [4.78, 5) is 51.3. The molecule has 140 valence electrons. The Morgan fingerprint density at radius 2 is 1.67 bits per heavy atom. The van der Waals surface area contributed by atoms with E-state index in [1.54, 1.807) is 50.2 Å². The molecule has 1 aromatic carbocycles. The quantitative estimate of drug-likeness (QED) is 0.417. The minimum Gasteiger partial charge on any atom is -0.456 e.